The van der Waals surface area contributed by atoms with E-state index in [1.807, 2.05) is 19.9 Å². The zero-order chi connectivity index (χ0) is 15.7. The van der Waals surface area contributed by atoms with Crippen LogP contribution in [0.5, 0.6) is 0 Å². The van der Waals surface area contributed by atoms with E-state index in [0.717, 1.165) is 24.3 Å². The molecular formula is C17H19FN2O2. The average molecular weight is 302 g/mol. The van der Waals surface area contributed by atoms with E-state index in [-0.39, 0.29) is 17.9 Å². The van der Waals surface area contributed by atoms with Crippen LogP contribution < -0.4 is 0 Å². The van der Waals surface area contributed by atoms with E-state index >= 15 is 0 Å². The van der Waals surface area contributed by atoms with Gasteiger partial charge in [0, 0.05) is 24.1 Å². The largest absolute Gasteiger partial charge is 0.361 e. The van der Waals surface area contributed by atoms with Crippen LogP contribution in [-0.2, 0) is 0 Å². The Morgan fingerprint density at radius 3 is 2.91 bits per heavy atom. The van der Waals surface area contributed by atoms with Gasteiger partial charge in [-0.2, -0.15) is 0 Å². The summed E-state index contributed by atoms with van der Waals surface area (Å²) < 4.78 is 18.7. The van der Waals surface area contributed by atoms with Gasteiger partial charge in [-0.05, 0) is 31.0 Å². The number of benzene rings is 1. The van der Waals surface area contributed by atoms with E-state index in [9.17, 15) is 9.18 Å². The molecule has 1 aromatic heterocycles. The van der Waals surface area contributed by atoms with E-state index in [2.05, 4.69) is 5.16 Å². The molecule has 0 radical (unpaired) electrons. The molecule has 1 fully saturated rings. The highest BCUT2D eigenvalue weighted by Gasteiger charge is 2.33. The van der Waals surface area contributed by atoms with Crippen molar-refractivity contribution < 1.29 is 13.7 Å². The van der Waals surface area contributed by atoms with Gasteiger partial charge >= 0.3 is 0 Å². The highest BCUT2D eigenvalue weighted by Crippen LogP contribution is 2.33. The Balaban J connectivity index is 1.84. The zero-order valence-electron chi connectivity index (χ0n) is 12.8. The number of carbonyl (C=O) groups excluding carboxylic acids is 1. The smallest absolute Gasteiger partial charge is 0.254 e. The van der Waals surface area contributed by atoms with E-state index in [1.165, 1.54) is 12.1 Å². The number of hydrogen-bond acceptors (Lipinski definition) is 3. The molecule has 1 atom stereocenters. The number of nitrogens with zero attached hydrogens (tertiary/aromatic N) is 2. The number of rotatable bonds is 3. The molecule has 0 unspecified atom stereocenters. The van der Waals surface area contributed by atoms with Crippen molar-refractivity contribution in [3.8, 4) is 0 Å². The Labute approximate surface area is 128 Å². The molecule has 0 bridgehead atoms. The summed E-state index contributed by atoms with van der Waals surface area (Å²) in [5, 5.41) is 4.12. The highest BCUT2D eigenvalue weighted by atomic mass is 19.1. The van der Waals surface area contributed by atoms with Crippen molar-refractivity contribution in [2.75, 3.05) is 6.54 Å². The van der Waals surface area contributed by atoms with E-state index in [4.69, 9.17) is 4.52 Å². The van der Waals surface area contributed by atoms with Gasteiger partial charge in [0.25, 0.3) is 5.91 Å². The quantitative estimate of drug-likeness (QED) is 0.863. The standard InChI is InChI=1S/C17H19FN2O2/c1-11(2)16-10-14(19-22-16)15-7-4-8-20(15)17(21)12-5-3-6-13(18)9-12/h3,5-6,9-11,15H,4,7-8H2,1-2H3/t15-/m0/s1. The van der Waals surface area contributed by atoms with Gasteiger partial charge in [-0.1, -0.05) is 25.1 Å². The van der Waals surface area contributed by atoms with Gasteiger partial charge < -0.3 is 9.42 Å². The molecule has 1 aliphatic heterocycles. The van der Waals surface area contributed by atoms with E-state index in [0.29, 0.717) is 12.1 Å². The summed E-state index contributed by atoms with van der Waals surface area (Å²) in [5.74, 6) is 0.524. The molecule has 5 heteroatoms. The Morgan fingerprint density at radius 2 is 2.23 bits per heavy atom. The molecule has 116 valence electrons. The molecule has 4 nitrogen and oxygen atoms in total. The molecule has 2 aromatic rings. The van der Waals surface area contributed by atoms with Crippen LogP contribution in [0.4, 0.5) is 4.39 Å². The fraction of sp³-hybridized carbons (Fsp3) is 0.412. The summed E-state index contributed by atoms with van der Waals surface area (Å²) in [6.45, 7) is 4.73. The van der Waals surface area contributed by atoms with Crippen molar-refractivity contribution in [3.63, 3.8) is 0 Å². The van der Waals surface area contributed by atoms with Crippen LogP contribution in [0, 0.1) is 5.82 Å². The van der Waals surface area contributed by atoms with Crippen molar-refractivity contribution in [2.45, 2.75) is 38.6 Å². The van der Waals surface area contributed by atoms with Gasteiger partial charge in [0.15, 0.2) is 0 Å². The molecule has 2 heterocycles. The minimum Gasteiger partial charge on any atom is -0.361 e. The Morgan fingerprint density at radius 1 is 1.41 bits per heavy atom. The van der Waals surface area contributed by atoms with Gasteiger partial charge in [-0.25, -0.2) is 4.39 Å². The molecule has 0 saturated carbocycles. The molecular weight excluding hydrogens is 283 g/mol. The summed E-state index contributed by atoms with van der Waals surface area (Å²) in [4.78, 5) is 14.4. The Hall–Kier alpha value is -2.17. The van der Waals surface area contributed by atoms with E-state index < -0.39 is 5.82 Å². The molecule has 22 heavy (non-hydrogen) atoms. The van der Waals surface area contributed by atoms with Crippen LogP contribution in [0.15, 0.2) is 34.9 Å². The lowest BCUT2D eigenvalue weighted by molar-refractivity contribution is 0.0730. The topological polar surface area (TPSA) is 46.3 Å². The minimum atomic E-state index is -0.398. The van der Waals surface area contributed by atoms with Gasteiger partial charge in [0.2, 0.25) is 0 Å². The number of aromatic nitrogens is 1. The summed E-state index contributed by atoms with van der Waals surface area (Å²) in [6, 6.07) is 7.65. The maximum Gasteiger partial charge on any atom is 0.254 e. The van der Waals surface area contributed by atoms with Crippen LogP contribution >= 0.6 is 0 Å². The molecule has 1 amide bonds. The van der Waals surface area contributed by atoms with Crippen molar-refractivity contribution in [1.29, 1.82) is 0 Å². The van der Waals surface area contributed by atoms with Crippen molar-refractivity contribution in [1.82, 2.24) is 10.1 Å². The summed E-state index contributed by atoms with van der Waals surface area (Å²) in [5.41, 5.74) is 1.16. The fourth-order valence-electron chi connectivity index (χ4n) is 2.84. The third kappa shape index (κ3) is 2.75. The first-order chi connectivity index (χ1) is 10.6. The van der Waals surface area contributed by atoms with Gasteiger partial charge in [-0.15, -0.1) is 0 Å². The number of carbonyl (C=O) groups is 1. The molecule has 3 rings (SSSR count). The number of amides is 1. The lowest BCUT2D eigenvalue weighted by Gasteiger charge is -2.23. The fourth-order valence-corrected chi connectivity index (χ4v) is 2.84. The zero-order valence-corrected chi connectivity index (χ0v) is 12.8. The first kappa shape index (κ1) is 14.8. The second kappa shape index (κ2) is 5.91. The number of likely N-dealkylation sites (tertiary alicyclic amines) is 1. The lowest BCUT2D eigenvalue weighted by Crippen LogP contribution is -2.30. The van der Waals surface area contributed by atoms with Crippen molar-refractivity contribution in [3.05, 3.63) is 53.2 Å². The molecule has 0 N–H and O–H groups in total. The summed E-state index contributed by atoms with van der Waals surface area (Å²) >= 11 is 0. The first-order valence-corrected chi connectivity index (χ1v) is 7.59. The molecule has 0 spiro atoms. The first-order valence-electron chi connectivity index (χ1n) is 7.59. The number of hydrogen-bond donors (Lipinski definition) is 0. The average Bonchev–Trinajstić information content (AvgIpc) is 3.15. The Bertz CT molecular complexity index is 681. The molecule has 1 saturated heterocycles. The van der Waals surface area contributed by atoms with Crippen LogP contribution in [0.25, 0.3) is 0 Å². The molecule has 1 aliphatic rings. The van der Waals surface area contributed by atoms with Gasteiger partial charge in [0.1, 0.15) is 17.3 Å². The van der Waals surface area contributed by atoms with Crippen molar-refractivity contribution in [2.24, 2.45) is 0 Å². The van der Waals surface area contributed by atoms with Crippen molar-refractivity contribution >= 4 is 5.91 Å². The van der Waals surface area contributed by atoms with Crippen LogP contribution in [-0.4, -0.2) is 22.5 Å². The molecule has 0 aliphatic carbocycles. The minimum absolute atomic E-state index is 0.0907. The predicted molar refractivity (Wildman–Crippen MR) is 80.0 cm³/mol. The van der Waals surface area contributed by atoms with Crippen LogP contribution in [0.3, 0.4) is 0 Å². The summed E-state index contributed by atoms with van der Waals surface area (Å²) in [6.07, 6.45) is 1.76. The highest BCUT2D eigenvalue weighted by molar-refractivity contribution is 5.94. The monoisotopic (exact) mass is 302 g/mol. The summed E-state index contributed by atoms with van der Waals surface area (Å²) in [7, 11) is 0. The maximum absolute atomic E-state index is 13.3. The molecule has 1 aromatic carbocycles. The predicted octanol–water partition coefficient (Wildman–Crippen LogP) is 3.91. The third-order valence-electron chi connectivity index (χ3n) is 4.04. The van der Waals surface area contributed by atoms with Gasteiger partial charge in [0.05, 0.1) is 6.04 Å². The van der Waals surface area contributed by atoms with Crippen LogP contribution in [0.2, 0.25) is 0 Å². The normalized spacial score (nSPS) is 18.2. The van der Waals surface area contributed by atoms with E-state index in [1.54, 1.807) is 17.0 Å². The lowest BCUT2D eigenvalue weighted by atomic mass is 10.1. The number of halogens is 1. The third-order valence-corrected chi connectivity index (χ3v) is 4.04. The second-order valence-electron chi connectivity index (χ2n) is 5.98. The van der Waals surface area contributed by atoms with Gasteiger partial charge in [-0.3, -0.25) is 4.79 Å². The second-order valence-corrected chi connectivity index (χ2v) is 5.98. The Kier molecular flexibility index (Phi) is 3.96. The SMILES string of the molecule is CC(C)c1cc([C@@H]2CCCN2C(=O)c2cccc(F)c2)no1. The maximum atomic E-state index is 13.3. The van der Waals surface area contributed by atoms with Crippen LogP contribution in [0.1, 0.15) is 60.5 Å².